The van der Waals surface area contributed by atoms with Gasteiger partial charge in [0.25, 0.3) is 11.8 Å². The van der Waals surface area contributed by atoms with Crippen molar-refractivity contribution in [1.29, 1.82) is 0 Å². The zero-order valence-corrected chi connectivity index (χ0v) is 17.2. The Kier molecular flexibility index (Phi) is 5.36. The molecule has 3 nitrogen and oxygen atoms in total. The van der Waals surface area contributed by atoms with Crippen molar-refractivity contribution in [3.8, 4) is 0 Å². The Morgan fingerprint density at radius 3 is 2.07 bits per heavy atom. The average Bonchev–Trinajstić information content (AvgIpc) is 2.99. The van der Waals surface area contributed by atoms with Gasteiger partial charge in [0.1, 0.15) is 0 Å². The van der Waals surface area contributed by atoms with E-state index in [1.807, 2.05) is 85.8 Å². The van der Waals surface area contributed by atoms with Crippen LogP contribution in [0.5, 0.6) is 0 Å². The van der Waals surface area contributed by atoms with Crippen molar-refractivity contribution >= 4 is 34.8 Å². The second-order valence-electron chi connectivity index (χ2n) is 6.95. The Bertz CT molecular complexity index is 1080. The molecule has 0 aromatic heterocycles. The molecule has 0 atom stereocenters. The minimum absolute atomic E-state index is 0.274. The number of rotatable bonds is 5. The van der Waals surface area contributed by atoms with Gasteiger partial charge in [0.05, 0.1) is 16.2 Å². The molecule has 29 heavy (non-hydrogen) atoms. The van der Waals surface area contributed by atoms with E-state index in [0.717, 1.165) is 22.4 Å². The molecule has 4 rings (SSSR count). The summed E-state index contributed by atoms with van der Waals surface area (Å²) >= 11 is 1.34. The maximum Gasteiger partial charge on any atom is 0.272 e. The van der Waals surface area contributed by atoms with Crippen molar-refractivity contribution in [1.82, 2.24) is 0 Å². The Labute approximate surface area is 175 Å². The lowest BCUT2D eigenvalue weighted by atomic mass is 10.0. The van der Waals surface area contributed by atoms with Gasteiger partial charge in [0, 0.05) is 4.90 Å². The van der Waals surface area contributed by atoms with Crippen molar-refractivity contribution < 1.29 is 9.59 Å². The number of carbonyl (C=O) groups is 2. The van der Waals surface area contributed by atoms with Crippen LogP contribution < -0.4 is 4.90 Å². The smallest absolute Gasteiger partial charge is 0.268 e. The molecule has 144 valence electrons. The minimum atomic E-state index is -0.276. The van der Waals surface area contributed by atoms with E-state index in [0.29, 0.717) is 16.2 Å². The molecule has 0 saturated carbocycles. The molecule has 1 heterocycles. The van der Waals surface area contributed by atoms with Crippen LogP contribution in [0.4, 0.5) is 5.69 Å². The first-order valence-electron chi connectivity index (χ1n) is 9.60. The molecule has 0 N–H and O–H groups in total. The van der Waals surface area contributed by atoms with Crippen LogP contribution in [0, 0.1) is 6.92 Å². The van der Waals surface area contributed by atoms with Crippen molar-refractivity contribution in [3.05, 3.63) is 100 Å². The molecule has 0 saturated heterocycles. The lowest BCUT2D eigenvalue weighted by Crippen LogP contribution is -2.31. The van der Waals surface area contributed by atoms with E-state index in [-0.39, 0.29) is 11.8 Å². The highest BCUT2D eigenvalue weighted by molar-refractivity contribution is 8.04. The summed E-state index contributed by atoms with van der Waals surface area (Å²) < 4.78 is 0. The predicted octanol–water partition coefficient (Wildman–Crippen LogP) is 5.63. The van der Waals surface area contributed by atoms with Gasteiger partial charge in [-0.05, 0) is 48.7 Å². The van der Waals surface area contributed by atoms with Gasteiger partial charge in [0.15, 0.2) is 0 Å². The normalized spacial score (nSPS) is 14.1. The number of amides is 2. The first-order chi connectivity index (χ1) is 14.1. The molecule has 2 amide bonds. The number of nitrogens with zero attached hydrogens (tertiary/aromatic N) is 1. The number of carbonyl (C=O) groups excluding carboxylic acids is 2. The molecule has 1 aliphatic heterocycles. The number of thioether (sulfide) groups is 1. The summed E-state index contributed by atoms with van der Waals surface area (Å²) in [5.41, 5.74) is 4.10. The molecule has 0 radical (unpaired) electrons. The third kappa shape index (κ3) is 3.76. The third-order valence-corrected chi connectivity index (χ3v) is 6.04. The fraction of sp³-hybridized carbons (Fsp3) is 0.120. The second kappa shape index (κ2) is 8.10. The molecule has 0 fully saturated rings. The number of imide groups is 1. The maximum absolute atomic E-state index is 13.4. The summed E-state index contributed by atoms with van der Waals surface area (Å²) in [4.78, 5) is 29.4. The van der Waals surface area contributed by atoms with Crippen LogP contribution in [0.2, 0.25) is 0 Å². The molecule has 4 heteroatoms. The van der Waals surface area contributed by atoms with Crippen molar-refractivity contribution in [2.24, 2.45) is 0 Å². The number of hydrogen-bond donors (Lipinski definition) is 0. The van der Waals surface area contributed by atoms with Gasteiger partial charge in [-0.25, -0.2) is 4.90 Å². The summed E-state index contributed by atoms with van der Waals surface area (Å²) in [7, 11) is 0. The van der Waals surface area contributed by atoms with Gasteiger partial charge < -0.3 is 0 Å². The van der Waals surface area contributed by atoms with Gasteiger partial charge in [-0.3, -0.25) is 9.59 Å². The molecule has 3 aromatic rings. The quantitative estimate of drug-likeness (QED) is 0.522. The van der Waals surface area contributed by atoms with Crippen molar-refractivity contribution in [2.45, 2.75) is 25.2 Å². The highest BCUT2D eigenvalue weighted by atomic mass is 32.2. The highest BCUT2D eigenvalue weighted by Gasteiger charge is 2.40. The summed E-state index contributed by atoms with van der Waals surface area (Å²) in [5.74, 6) is -0.551. The second-order valence-corrected chi connectivity index (χ2v) is 8.03. The van der Waals surface area contributed by atoms with Crippen LogP contribution in [0.3, 0.4) is 0 Å². The Balaban J connectivity index is 1.79. The van der Waals surface area contributed by atoms with Gasteiger partial charge >= 0.3 is 0 Å². The first-order valence-corrected chi connectivity index (χ1v) is 10.4. The van der Waals surface area contributed by atoms with Gasteiger partial charge in [-0.15, -0.1) is 0 Å². The third-order valence-electron chi connectivity index (χ3n) is 4.95. The standard InChI is InChI=1S/C25H21NO2S/c1-3-18-11-15-20(16-12-18)26-24(27)22(19-13-9-17(2)10-14-19)23(25(26)28)29-21-7-5-4-6-8-21/h4-16H,3H2,1-2H3. The number of benzene rings is 3. The Morgan fingerprint density at radius 2 is 1.45 bits per heavy atom. The summed E-state index contributed by atoms with van der Waals surface area (Å²) in [6, 6.07) is 25.0. The molecule has 0 spiro atoms. The highest BCUT2D eigenvalue weighted by Crippen LogP contribution is 2.41. The van der Waals surface area contributed by atoms with E-state index in [2.05, 4.69) is 6.92 Å². The zero-order chi connectivity index (χ0) is 20.4. The molecular weight excluding hydrogens is 378 g/mol. The number of anilines is 1. The number of hydrogen-bond acceptors (Lipinski definition) is 3. The molecule has 0 aliphatic carbocycles. The molecule has 0 bridgehead atoms. The van der Waals surface area contributed by atoms with E-state index in [4.69, 9.17) is 0 Å². The lowest BCUT2D eigenvalue weighted by Gasteiger charge is -2.15. The van der Waals surface area contributed by atoms with E-state index in [1.165, 1.54) is 22.2 Å². The van der Waals surface area contributed by atoms with Crippen LogP contribution in [-0.2, 0) is 16.0 Å². The monoisotopic (exact) mass is 399 g/mol. The SMILES string of the molecule is CCc1ccc(N2C(=O)C(Sc3ccccc3)=C(c3ccc(C)cc3)C2=O)cc1. The molecule has 1 aliphatic rings. The van der Waals surface area contributed by atoms with Gasteiger partial charge in [0.2, 0.25) is 0 Å². The summed E-state index contributed by atoms with van der Waals surface area (Å²) in [5, 5.41) is 0. The van der Waals surface area contributed by atoms with E-state index < -0.39 is 0 Å². The largest absolute Gasteiger partial charge is 0.272 e. The number of aryl methyl sites for hydroxylation is 2. The van der Waals surface area contributed by atoms with Crippen LogP contribution in [0.25, 0.3) is 5.57 Å². The van der Waals surface area contributed by atoms with Crippen LogP contribution in [0.1, 0.15) is 23.6 Å². The van der Waals surface area contributed by atoms with Crippen molar-refractivity contribution in [2.75, 3.05) is 4.90 Å². The molecule has 3 aromatic carbocycles. The Hall–Kier alpha value is -3.11. The maximum atomic E-state index is 13.4. The zero-order valence-electron chi connectivity index (χ0n) is 16.4. The van der Waals surface area contributed by atoms with Crippen molar-refractivity contribution in [3.63, 3.8) is 0 Å². The van der Waals surface area contributed by atoms with E-state index in [9.17, 15) is 9.59 Å². The summed E-state index contributed by atoms with van der Waals surface area (Å²) in [6.07, 6.45) is 0.907. The molecule has 0 unspecified atom stereocenters. The van der Waals surface area contributed by atoms with E-state index in [1.54, 1.807) is 0 Å². The van der Waals surface area contributed by atoms with E-state index >= 15 is 0 Å². The van der Waals surface area contributed by atoms with Crippen LogP contribution >= 0.6 is 11.8 Å². The van der Waals surface area contributed by atoms with Crippen LogP contribution in [-0.4, -0.2) is 11.8 Å². The van der Waals surface area contributed by atoms with Crippen LogP contribution in [0.15, 0.2) is 88.7 Å². The average molecular weight is 400 g/mol. The topological polar surface area (TPSA) is 37.4 Å². The fourth-order valence-electron chi connectivity index (χ4n) is 3.30. The first kappa shape index (κ1) is 19.2. The molecular formula is C25H21NO2S. The lowest BCUT2D eigenvalue weighted by molar-refractivity contribution is -0.119. The summed E-state index contributed by atoms with van der Waals surface area (Å²) in [6.45, 7) is 4.08. The minimum Gasteiger partial charge on any atom is -0.268 e. The van der Waals surface area contributed by atoms with Gasteiger partial charge in [-0.1, -0.05) is 78.8 Å². The van der Waals surface area contributed by atoms with Gasteiger partial charge in [-0.2, -0.15) is 0 Å². The fourth-order valence-corrected chi connectivity index (χ4v) is 4.32. The Morgan fingerprint density at radius 1 is 0.793 bits per heavy atom. The predicted molar refractivity (Wildman–Crippen MR) is 119 cm³/mol.